The lowest BCUT2D eigenvalue weighted by atomic mass is 10.2. The third-order valence-electron chi connectivity index (χ3n) is 4.94. The Kier molecular flexibility index (Phi) is 7.60. The van der Waals surface area contributed by atoms with Crippen molar-refractivity contribution in [3.05, 3.63) is 41.7 Å². The fraction of sp³-hybridized carbons (Fsp3) is 0.571. The maximum absolute atomic E-state index is 12.0. The van der Waals surface area contributed by atoms with Gasteiger partial charge in [0.25, 0.3) is 5.91 Å². The van der Waals surface area contributed by atoms with Gasteiger partial charge in [0.15, 0.2) is 5.69 Å². The summed E-state index contributed by atoms with van der Waals surface area (Å²) in [4.78, 5) is 16.9. The Bertz CT molecular complexity index is 766. The average molecular weight is 401 g/mol. The first-order chi connectivity index (χ1) is 14.0. The molecular weight excluding hydrogens is 368 g/mol. The summed E-state index contributed by atoms with van der Waals surface area (Å²) in [5.74, 6) is 0.758. The Balaban J connectivity index is 1.39. The molecule has 1 aliphatic heterocycles. The van der Waals surface area contributed by atoms with E-state index in [2.05, 4.69) is 37.6 Å². The molecule has 2 heterocycles. The molecule has 1 saturated heterocycles. The van der Waals surface area contributed by atoms with Crippen LogP contribution in [-0.4, -0.2) is 76.1 Å². The highest BCUT2D eigenvalue weighted by Crippen LogP contribution is 2.14. The minimum atomic E-state index is -0.172. The molecule has 0 bridgehead atoms. The molecule has 0 radical (unpaired) electrons. The average Bonchev–Trinajstić information content (AvgIpc) is 3.18. The molecule has 0 unspecified atom stereocenters. The van der Waals surface area contributed by atoms with Crippen molar-refractivity contribution in [1.29, 1.82) is 0 Å². The molecule has 3 rings (SSSR count). The van der Waals surface area contributed by atoms with Crippen molar-refractivity contribution < 1.29 is 9.53 Å². The van der Waals surface area contributed by atoms with E-state index < -0.39 is 0 Å². The van der Waals surface area contributed by atoms with E-state index >= 15 is 0 Å². The molecule has 1 aliphatic rings. The standard InChI is InChI=1S/C21H32N6O2/c1-4-29-19-7-5-18(6-8-19)15-26-11-9-25(10-12-26)13-14-27-16-20(23-24-27)21(28)22-17(2)3/h5-8,16-17H,4,9-15H2,1-3H3,(H,22,28). The molecule has 158 valence electrons. The van der Waals surface area contributed by atoms with Crippen LogP contribution in [0.4, 0.5) is 0 Å². The van der Waals surface area contributed by atoms with Crippen molar-refractivity contribution in [2.24, 2.45) is 0 Å². The highest BCUT2D eigenvalue weighted by atomic mass is 16.5. The van der Waals surface area contributed by atoms with Crippen molar-refractivity contribution in [1.82, 2.24) is 30.1 Å². The van der Waals surface area contributed by atoms with Gasteiger partial charge in [0.05, 0.1) is 19.3 Å². The first-order valence-electron chi connectivity index (χ1n) is 10.4. The maximum atomic E-state index is 12.0. The second kappa shape index (κ2) is 10.4. The minimum absolute atomic E-state index is 0.0894. The summed E-state index contributed by atoms with van der Waals surface area (Å²) in [7, 11) is 0. The predicted octanol–water partition coefficient (Wildman–Crippen LogP) is 1.63. The van der Waals surface area contributed by atoms with Gasteiger partial charge in [-0.25, -0.2) is 0 Å². The second-order valence-electron chi connectivity index (χ2n) is 7.69. The molecule has 0 spiro atoms. The van der Waals surface area contributed by atoms with Crippen LogP contribution in [0.5, 0.6) is 5.75 Å². The van der Waals surface area contributed by atoms with Crippen molar-refractivity contribution in [2.45, 2.75) is 39.9 Å². The number of piperazine rings is 1. The molecule has 1 N–H and O–H groups in total. The van der Waals surface area contributed by atoms with Crippen LogP contribution in [0.1, 0.15) is 36.8 Å². The molecule has 2 aromatic rings. The van der Waals surface area contributed by atoms with E-state index in [1.54, 1.807) is 10.9 Å². The van der Waals surface area contributed by atoms with Gasteiger partial charge in [0.2, 0.25) is 0 Å². The van der Waals surface area contributed by atoms with E-state index in [1.165, 1.54) is 5.56 Å². The Morgan fingerprint density at radius 1 is 1.10 bits per heavy atom. The van der Waals surface area contributed by atoms with Crippen LogP contribution in [0, 0.1) is 0 Å². The number of aromatic nitrogens is 3. The maximum Gasteiger partial charge on any atom is 0.273 e. The van der Waals surface area contributed by atoms with E-state index in [0.29, 0.717) is 12.3 Å². The SMILES string of the molecule is CCOc1ccc(CN2CCN(CCn3cc(C(=O)NC(C)C)nn3)CC2)cc1. The number of amides is 1. The number of nitrogens with one attached hydrogen (secondary N) is 1. The zero-order valence-corrected chi connectivity index (χ0v) is 17.7. The zero-order chi connectivity index (χ0) is 20.6. The third-order valence-corrected chi connectivity index (χ3v) is 4.94. The second-order valence-corrected chi connectivity index (χ2v) is 7.69. The van der Waals surface area contributed by atoms with Gasteiger partial charge in [0, 0.05) is 45.3 Å². The van der Waals surface area contributed by atoms with Crippen LogP contribution in [0.2, 0.25) is 0 Å². The summed E-state index contributed by atoms with van der Waals surface area (Å²) in [6.45, 7) is 13.3. The van der Waals surface area contributed by atoms with Gasteiger partial charge in [-0.3, -0.25) is 19.3 Å². The minimum Gasteiger partial charge on any atom is -0.494 e. The van der Waals surface area contributed by atoms with Crippen molar-refractivity contribution in [3.63, 3.8) is 0 Å². The first-order valence-corrected chi connectivity index (χ1v) is 10.4. The molecule has 1 aromatic heterocycles. The number of carbonyl (C=O) groups excluding carboxylic acids is 1. The van der Waals surface area contributed by atoms with E-state index in [4.69, 9.17) is 4.74 Å². The molecule has 1 aromatic carbocycles. The molecule has 8 heteroatoms. The predicted molar refractivity (Wildman–Crippen MR) is 112 cm³/mol. The van der Waals surface area contributed by atoms with E-state index in [-0.39, 0.29) is 11.9 Å². The first kappa shape index (κ1) is 21.3. The summed E-state index contributed by atoms with van der Waals surface area (Å²) in [5, 5.41) is 10.9. The lowest BCUT2D eigenvalue weighted by molar-refractivity contribution is 0.0938. The molecule has 0 atom stereocenters. The Morgan fingerprint density at radius 3 is 2.45 bits per heavy atom. The van der Waals surface area contributed by atoms with Gasteiger partial charge in [0.1, 0.15) is 5.75 Å². The summed E-state index contributed by atoms with van der Waals surface area (Å²) in [5.41, 5.74) is 1.69. The van der Waals surface area contributed by atoms with E-state index in [9.17, 15) is 4.79 Å². The number of nitrogens with zero attached hydrogens (tertiary/aromatic N) is 5. The largest absolute Gasteiger partial charge is 0.494 e. The fourth-order valence-corrected chi connectivity index (χ4v) is 3.38. The molecule has 0 aliphatic carbocycles. The number of hydrogen-bond donors (Lipinski definition) is 1. The summed E-state index contributed by atoms with van der Waals surface area (Å²) >= 11 is 0. The Morgan fingerprint density at radius 2 is 1.79 bits per heavy atom. The highest BCUT2D eigenvalue weighted by molar-refractivity contribution is 5.91. The van der Waals surface area contributed by atoms with E-state index in [0.717, 1.165) is 51.6 Å². The Hall–Kier alpha value is -2.45. The Labute approximate surface area is 172 Å². The quantitative estimate of drug-likeness (QED) is 0.690. The lowest BCUT2D eigenvalue weighted by Crippen LogP contribution is -2.46. The molecule has 0 saturated carbocycles. The zero-order valence-electron chi connectivity index (χ0n) is 17.7. The van der Waals surface area contributed by atoms with Gasteiger partial charge in [-0.05, 0) is 38.5 Å². The molecular formula is C21H32N6O2. The lowest BCUT2D eigenvalue weighted by Gasteiger charge is -2.34. The van der Waals surface area contributed by atoms with Gasteiger partial charge in [-0.1, -0.05) is 17.3 Å². The normalized spacial score (nSPS) is 15.6. The number of carbonyl (C=O) groups is 1. The molecule has 29 heavy (non-hydrogen) atoms. The monoisotopic (exact) mass is 400 g/mol. The van der Waals surface area contributed by atoms with Crippen LogP contribution in [-0.2, 0) is 13.1 Å². The number of hydrogen-bond acceptors (Lipinski definition) is 6. The fourth-order valence-electron chi connectivity index (χ4n) is 3.38. The van der Waals surface area contributed by atoms with Crippen molar-refractivity contribution >= 4 is 5.91 Å². The summed E-state index contributed by atoms with van der Waals surface area (Å²) < 4.78 is 7.26. The number of rotatable bonds is 9. The highest BCUT2D eigenvalue weighted by Gasteiger charge is 2.17. The van der Waals surface area contributed by atoms with Crippen molar-refractivity contribution in [2.75, 3.05) is 39.3 Å². The van der Waals surface area contributed by atoms with Crippen LogP contribution < -0.4 is 10.1 Å². The topological polar surface area (TPSA) is 75.5 Å². The molecule has 1 amide bonds. The third kappa shape index (κ3) is 6.54. The van der Waals surface area contributed by atoms with Crippen LogP contribution in [0.15, 0.2) is 30.5 Å². The smallest absolute Gasteiger partial charge is 0.273 e. The van der Waals surface area contributed by atoms with Crippen LogP contribution >= 0.6 is 0 Å². The summed E-state index contributed by atoms with van der Waals surface area (Å²) in [6, 6.07) is 8.47. The number of benzene rings is 1. The van der Waals surface area contributed by atoms with Gasteiger partial charge in [-0.15, -0.1) is 5.10 Å². The van der Waals surface area contributed by atoms with Gasteiger partial charge >= 0.3 is 0 Å². The van der Waals surface area contributed by atoms with Crippen LogP contribution in [0.3, 0.4) is 0 Å². The van der Waals surface area contributed by atoms with Gasteiger partial charge < -0.3 is 10.1 Å². The molecule has 8 nitrogen and oxygen atoms in total. The number of ether oxygens (including phenoxy) is 1. The van der Waals surface area contributed by atoms with Gasteiger partial charge in [-0.2, -0.15) is 0 Å². The van der Waals surface area contributed by atoms with E-state index in [1.807, 2.05) is 32.9 Å². The van der Waals surface area contributed by atoms with Crippen molar-refractivity contribution in [3.8, 4) is 5.75 Å². The van der Waals surface area contributed by atoms with Crippen LogP contribution in [0.25, 0.3) is 0 Å². The molecule has 1 fully saturated rings. The summed E-state index contributed by atoms with van der Waals surface area (Å²) in [6.07, 6.45) is 1.72.